The maximum atomic E-state index is 13.4. The lowest BCUT2D eigenvalue weighted by atomic mass is 10.1. The fraction of sp³-hybridized carbons (Fsp3) is 0.286. The molecule has 0 bridgehead atoms. The van der Waals surface area contributed by atoms with Gasteiger partial charge in [0.25, 0.3) is 0 Å². The van der Waals surface area contributed by atoms with Crippen LogP contribution in [0.5, 0.6) is 0 Å². The van der Waals surface area contributed by atoms with Crippen molar-refractivity contribution in [3.63, 3.8) is 0 Å². The zero-order valence-electron chi connectivity index (χ0n) is 16.0. The molecular formula is C21H25F2IN4. The highest BCUT2D eigenvalue weighted by atomic mass is 127. The highest BCUT2D eigenvalue weighted by molar-refractivity contribution is 14.0. The Morgan fingerprint density at radius 1 is 1.11 bits per heavy atom. The molecule has 2 aromatic rings. The van der Waals surface area contributed by atoms with Gasteiger partial charge < -0.3 is 15.5 Å². The molecular weight excluding hydrogens is 473 g/mol. The van der Waals surface area contributed by atoms with Crippen molar-refractivity contribution in [3.05, 3.63) is 77.4 Å². The third kappa shape index (κ3) is 5.67. The zero-order valence-corrected chi connectivity index (χ0v) is 18.3. The molecule has 4 nitrogen and oxygen atoms in total. The number of benzene rings is 2. The Balaban J connectivity index is 0.00000280. The van der Waals surface area contributed by atoms with E-state index in [2.05, 4.69) is 50.9 Å². The minimum absolute atomic E-state index is 0. The quantitative estimate of drug-likeness (QED) is 0.278. The largest absolute Gasteiger partial charge is 0.364 e. The molecule has 0 amide bonds. The Kier molecular flexibility index (Phi) is 8.22. The first kappa shape index (κ1) is 22.1. The Bertz CT molecular complexity index is 846. The van der Waals surface area contributed by atoms with Crippen molar-refractivity contribution in [3.8, 4) is 0 Å². The summed E-state index contributed by atoms with van der Waals surface area (Å²) in [7, 11) is 1.68. The average Bonchev–Trinajstić information content (AvgIpc) is 3.22. The summed E-state index contributed by atoms with van der Waals surface area (Å²) in [6.45, 7) is 4.36. The molecule has 0 spiro atoms. The van der Waals surface area contributed by atoms with Crippen LogP contribution in [0.15, 0.2) is 59.6 Å². The van der Waals surface area contributed by atoms with Gasteiger partial charge in [0.1, 0.15) is 0 Å². The topological polar surface area (TPSA) is 39.7 Å². The number of nitrogens with zero attached hydrogens (tertiary/aromatic N) is 2. The first-order chi connectivity index (χ1) is 13.1. The number of halogens is 3. The van der Waals surface area contributed by atoms with Crippen LogP contribution >= 0.6 is 24.0 Å². The van der Waals surface area contributed by atoms with E-state index in [4.69, 9.17) is 0 Å². The molecule has 1 heterocycles. The smallest absolute Gasteiger partial charge is 0.191 e. The lowest BCUT2D eigenvalue weighted by Crippen LogP contribution is -2.38. The predicted octanol–water partition coefficient (Wildman–Crippen LogP) is 4.39. The molecule has 3 rings (SSSR count). The van der Waals surface area contributed by atoms with Gasteiger partial charge >= 0.3 is 0 Å². The SMILES string of the molecule is CN=C(NCc1cccc(N2CC=CC2)c1)NC(C)c1ccc(F)c(F)c1.I. The maximum Gasteiger partial charge on any atom is 0.191 e. The van der Waals surface area contributed by atoms with Crippen LogP contribution in [0.3, 0.4) is 0 Å². The fourth-order valence-electron chi connectivity index (χ4n) is 3.00. The van der Waals surface area contributed by atoms with Crippen LogP contribution in [-0.4, -0.2) is 26.1 Å². The molecule has 150 valence electrons. The van der Waals surface area contributed by atoms with Crippen LogP contribution in [0.4, 0.5) is 14.5 Å². The number of hydrogen-bond donors (Lipinski definition) is 2. The molecule has 2 N–H and O–H groups in total. The summed E-state index contributed by atoms with van der Waals surface area (Å²) in [6, 6.07) is 12.1. The first-order valence-electron chi connectivity index (χ1n) is 8.98. The molecule has 0 aromatic heterocycles. The lowest BCUT2D eigenvalue weighted by Gasteiger charge is -2.20. The number of aliphatic imine (C=N–C) groups is 1. The molecule has 0 saturated heterocycles. The summed E-state index contributed by atoms with van der Waals surface area (Å²) >= 11 is 0. The zero-order chi connectivity index (χ0) is 19.2. The Morgan fingerprint density at radius 3 is 2.54 bits per heavy atom. The van der Waals surface area contributed by atoms with Crippen LogP contribution in [-0.2, 0) is 6.54 Å². The Morgan fingerprint density at radius 2 is 1.86 bits per heavy atom. The standard InChI is InChI=1S/C21H24F2N4.HI/c1-15(17-8-9-19(22)20(23)13-17)26-21(24-2)25-14-16-6-5-7-18(12-16)27-10-3-4-11-27;/h3-9,12-13,15H,10-11,14H2,1-2H3,(H2,24,25,26);1H. The highest BCUT2D eigenvalue weighted by Crippen LogP contribution is 2.19. The molecule has 0 saturated carbocycles. The van der Waals surface area contributed by atoms with E-state index in [0.717, 1.165) is 24.7 Å². The normalized spacial score (nSPS) is 14.6. The number of anilines is 1. The van der Waals surface area contributed by atoms with Gasteiger partial charge in [-0.25, -0.2) is 8.78 Å². The molecule has 1 aliphatic heterocycles. The summed E-state index contributed by atoms with van der Waals surface area (Å²) in [5, 5.41) is 6.47. The van der Waals surface area contributed by atoms with Crippen molar-refractivity contribution in [2.24, 2.45) is 4.99 Å². The van der Waals surface area contributed by atoms with Gasteiger partial charge in [-0.05, 0) is 42.3 Å². The van der Waals surface area contributed by atoms with E-state index in [0.29, 0.717) is 18.1 Å². The van der Waals surface area contributed by atoms with E-state index in [9.17, 15) is 8.78 Å². The van der Waals surface area contributed by atoms with Gasteiger partial charge in [0.2, 0.25) is 0 Å². The van der Waals surface area contributed by atoms with Gasteiger partial charge in [0, 0.05) is 32.4 Å². The van der Waals surface area contributed by atoms with Gasteiger partial charge in [-0.15, -0.1) is 24.0 Å². The van der Waals surface area contributed by atoms with E-state index in [1.165, 1.54) is 11.8 Å². The molecule has 2 aromatic carbocycles. The molecule has 0 aliphatic carbocycles. The maximum absolute atomic E-state index is 13.4. The molecule has 0 radical (unpaired) electrons. The summed E-state index contributed by atoms with van der Waals surface area (Å²) < 4.78 is 26.5. The summed E-state index contributed by atoms with van der Waals surface area (Å²) in [5.41, 5.74) is 2.99. The molecule has 28 heavy (non-hydrogen) atoms. The van der Waals surface area contributed by atoms with Gasteiger partial charge in [0.15, 0.2) is 17.6 Å². The van der Waals surface area contributed by atoms with Crippen LogP contribution in [0.25, 0.3) is 0 Å². The van der Waals surface area contributed by atoms with Crippen molar-refractivity contribution in [2.45, 2.75) is 19.5 Å². The van der Waals surface area contributed by atoms with Crippen molar-refractivity contribution in [1.82, 2.24) is 10.6 Å². The third-order valence-electron chi connectivity index (χ3n) is 4.57. The van der Waals surface area contributed by atoms with Gasteiger partial charge in [-0.2, -0.15) is 0 Å². The molecule has 1 atom stereocenters. The second-order valence-electron chi connectivity index (χ2n) is 6.51. The second kappa shape index (κ2) is 10.4. The van der Waals surface area contributed by atoms with E-state index in [-0.39, 0.29) is 30.0 Å². The minimum Gasteiger partial charge on any atom is -0.364 e. The van der Waals surface area contributed by atoms with E-state index in [1.807, 2.05) is 13.0 Å². The molecule has 0 fully saturated rings. The van der Waals surface area contributed by atoms with Crippen molar-refractivity contribution < 1.29 is 8.78 Å². The highest BCUT2D eigenvalue weighted by Gasteiger charge is 2.11. The first-order valence-corrected chi connectivity index (χ1v) is 8.98. The van der Waals surface area contributed by atoms with E-state index in [1.54, 1.807) is 13.1 Å². The summed E-state index contributed by atoms with van der Waals surface area (Å²) in [5.74, 6) is -1.10. The fourth-order valence-corrected chi connectivity index (χ4v) is 3.00. The number of guanidine groups is 1. The van der Waals surface area contributed by atoms with Gasteiger partial charge in [-0.3, -0.25) is 4.99 Å². The summed E-state index contributed by atoms with van der Waals surface area (Å²) in [4.78, 5) is 6.51. The molecule has 7 heteroatoms. The number of hydrogen-bond acceptors (Lipinski definition) is 2. The lowest BCUT2D eigenvalue weighted by molar-refractivity contribution is 0.504. The second-order valence-corrected chi connectivity index (χ2v) is 6.51. The van der Waals surface area contributed by atoms with Crippen molar-refractivity contribution >= 4 is 35.6 Å². The van der Waals surface area contributed by atoms with Crippen LogP contribution in [0, 0.1) is 11.6 Å². The predicted molar refractivity (Wildman–Crippen MR) is 121 cm³/mol. The summed E-state index contributed by atoms with van der Waals surface area (Å²) in [6.07, 6.45) is 4.33. The van der Waals surface area contributed by atoms with Crippen molar-refractivity contribution in [1.29, 1.82) is 0 Å². The monoisotopic (exact) mass is 498 g/mol. The van der Waals surface area contributed by atoms with Gasteiger partial charge in [-0.1, -0.05) is 30.4 Å². The average molecular weight is 498 g/mol. The molecule has 1 aliphatic rings. The third-order valence-corrected chi connectivity index (χ3v) is 4.57. The van der Waals surface area contributed by atoms with Crippen LogP contribution < -0.4 is 15.5 Å². The van der Waals surface area contributed by atoms with Crippen molar-refractivity contribution in [2.75, 3.05) is 25.0 Å². The number of rotatable bonds is 5. The number of nitrogens with one attached hydrogen (secondary N) is 2. The minimum atomic E-state index is -0.850. The van der Waals surface area contributed by atoms with E-state index < -0.39 is 11.6 Å². The Hall–Kier alpha value is -2.16. The van der Waals surface area contributed by atoms with Gasteiger partial charge in [0.05, 0.1) is 6.04 Å². The molecule has 1 unspecified atom stereocenters. The Labute approximate surface area is 181 Å². The van der Waals surface area contributed by atoms with Crippen LogP contribution in [0.2, 0.25) is 0 Å². The van der Waals surface area contributed by atoms with Crippen LogP contribution in [0.1, 0.15) is 24.1 Å². The van der Waals surface area contributed by atoms with E-state index >= 15 is 0 Å².